The molecule has 4 fully saturated rings. The van der Waals surface area contributed by atoms with Crippen LogP contribution < -0.4 is 5.73 Å². The van der Waals surface area contributed by atoms with E-state index in [1.165, 1.54) is 37.1 Å². The highest BCUT2D eigenvalue weighted by atomic mass is 32.1. The van der Waals surface area contributed by atoms with Crippen LogP contribution in [0.4, 0.5) is 5.13 Å². The molecule has 3 nitrogen and oxygen atoms in total. The molecule has 0 saturated heterocycles. The Hall–Kier alpha value is -0.640. The number of aromatic nitrogens is 2. The Morgan fingerprint density at radius 3 is 2.18 bits per heavy atom. The summed E-state index contributed by atoms with van der Waals surface area (Å²) >= 11 is 1.59. The van der Waals surface area contributed by atoms with Crippen LogP contribution in [-0.4, -0.2) is 10.2 Å². The molecular formula is C13H19N3S. The molecule has 5 rings (SSSR count). The molecule has 0 aliphatic heterocycles. The van der Waals surface area contributed by atoms with Gasteiger partial charge in [-0.1, -0.05) is 11.3 Å². The molecule has 4 heteroatoms. The van der Waals surface area contributed by atoms with Gasteiger partial charge in [-0.2, -0.15) is 0 Å². The molecule has 0 amide bonds. The molecule has 17 heavy (non-hydrogen) atoms. The highest BCUT2D eigenvalue weighted by molar-refractivity contribution is 7.15. The zero-order valence-electron chi connectivity index (χ0n) is 10.0. The van der Waals surface area contributed by atoms with Crippen molar-refractivity contribution >= 4 is 16.5 Å². The van der Waals surface area contributed by atoms with Crippen molar-refractivity contribution in [3.63, 3.8) is 0 Å². The Morgan fingerprint density at radius 2 is 1.65 bits per heavy atom. The molecule has 0 unspecified atom stereocenters. The Bertz CT molecular complexity index is 400. The van der Waals surface area contributed by atoms with Crippen molar-refractivity contribution in [3.05, 3.63) is 5.01 Å². The molecule has 1 aromatic heterocycles. The summed E-state index contributed by atoms with van der Waals surface area (Å²) in [5.74, 6) is 4.98. The minimum absolute atomic E-state index is 0.629. The smallest absolute Gasteiger partial charge is 0.203 e. The summed E-state index contributed by atoms with van der Waals surface area (Å²) < 4.78 is 0. The predicted molar refractivity (Wildman–Crippen MR) is 68.6 cm³/mol. The van der Waals surface area contributed by atoms with Crippen LogP contribution in [-0.2, 0) is 6.42 Å². The van der Waals surface area contributed by atoms with E-state index in [0.29, 0.717) is 5.13 Å². The molecule has 4 bridgehead atoms. The lowest BCUT2D eigenvalue weighted by Crippen LogP contribution is -2.45. The second-order valence-corrected chi connectivity index (χ2v) is 7.43. The summed E-state index contributed by atoms with van der Waals surface area (Å²) in [6.45, 7) is 0. The monoisotopic (exact) mass is 249 g/mol. The van der Waals surface area contributed by atoms with E-state index in [2.05, 4.69) is 10.2 Å². The van der Waals surface area contributed by atoms with Crippen molar-refractivity contribution in [3.8, 4) is 0 Å². The molecule has 0 radical (unpaired) electrons. The van der Waals surface area contributed by atoms with Crippen LogP contribution in [0.1, 0.15) is 37.1 Å². The molecule has 2 N–H and O–H groups in total. The first-order chi connectivity index (χ1) is 8.28. The number of hydrogen-bond donors (Lipinski definition) is 1. The van der Waals surface area contributed by atoms with E-state index in [4.69, 9.17) is 5.73 Å². The first-order valence-electron chi connectivity index (χ1n) is 6.86. The fourth-order valence-corrected chi connectivity index (χ4v) is 5.60. The van der Waals surface area contributed by atoms with Gasteiger partial charge in [0.2, 0.25) is 5.13 Å². The molecule has 0 aromatic carbocycles. The Morgan fingerprint density at radius 1 is 1.00 bits per heavy atom. The Labute approximate surface area is 106 Å². The standard InChI is InChI=1S/C13H19N3S/c14-13-16-15-12(17-13)6-11-9-2-7-1-8(4-9)5-10(11)3-7/h7-11H,1-6H2,(H2,14,16). The molecule has 4 saturated carbocycles. The summed E-state index contributed by atoms with van der Waals surface area (Å²) in [4.78, 5) is 0. The second kappa shape index (κ2) is 3.67. The maximum atomic E-state index is 5.67. The summed E-state index contributed by atoms with van der Waals surface area (Å²) in [7, 11) is 0. The van der Waals surface area contributed by atoms with Crippen molar-refractivity contribution in [1.82, 2.24) is 10.2 Å². The Kier molecular flexibility index (Phi) is 2.23. The van der Waals surface area contributed by atoms with Crippen molar-refractivity contribution < 1.29 is 0 Å². The van der Waals surface area contributed by atoms with E-state index in [0.717, 1.165) is 36.0 Å². The van der Waals surface area contributed by atoms with E-state index in [-0.39, 0.29) is 0 Å². The van der Waals surface area contributed by atoms with Crippen LogP contribution in [0.15, 0.2) is 0 Å². The maximum Gasteiger partial charge on any atom is 0.203 e. The quantitative estimate of drug-likeness (QED) is 0.876. The van der Waals surface area contributed by atoms with Gasteiger partial charge in [-0.25, -0.2) is 0 Å². The van der Waals surface area contributed by atoms with Crippen LogP contribution in [0.25, 0.3) is 0 Å². The molecule has 1 heterocycles. The van der Waals surface area contributed by atoms with Gasteiger partial charge in [-0.15, -0.1) is 10.2 Å². The number of anilines is 1. The molecular weight excluding hydrogens is 230 g/mol. The minimum Gasteiger partial charge on any atom is -0.374 e. The van der Waals surface area contributed by atoms with E-state index in [1.54, 1.807) is 11.3 Å². The fourth-order valence-electron chi connectivity index (χ4n) is 4.92. The van der Waals surface area contributed by atoms with Crippen molar-refractivity contribution in [2.45, 2.75) is 38.5 Å². The van der Waals surface area contributed by atoms with E-state index in [1.807, 2.05) is 0 Å². The maximum absolute atomic E-state index is 5.67. The zero-order chi connectivity index (χ0) is 11.4. The number of nitrogens with zero attached hydrogens (tertiary/aromatic N) is 2. The highest BCUT2D eigenvalue weighted by Gasteiger charge is 2.48. The average molecular weight is 249 g/mol. The molecule has 92 valence electrons. The van der Waals surface area contributed by atoms with E-state index >= 15 is 0 Å². The SMILES string of the molecule is Nc1nnc(CC2C3CC4CC(C3)CC2C4)s1. The fraction of sp³-hybridized carbons (Fsp3) is 0.846. The number of nitrogens with two attached hydrogens (primary N) is 1. The number of nitrogen functional groups attached to an aromatic ring is 1. The van der Waals surface area contributed by atoms with Gasteiger partial charge >= 0.3 is 0 Å². The lowest BCUT2D eigenvalue weighted by molar-refractivity contribution is -0.0360. The Balaban J connectivity index is 1.54. The first kappa shape index (κ1) is 10.3. The lowest BCUT2D eigenvalue weighted by Gasteiger charge is -2.54. The summed E-state index contributed by atoms with van der Waals surface area (Å²) in [5, 5.41) is 9.95. The van der Waals surface area contributed by atoms with Crippen LogP contribution >= 0.6 is 11.3 Å². The molecule has 0 atom stereocenters. The molecule has 4 aliphatic carbocycles. The van der Waals surface area contributed by atoms with Gasteiger partial charge in [-0.3, -0.25) is 0 Å². The van der Waals surface area contributed by atoms with Crippen LogP contribution in [0.3, 0.4) is 0 Å². The number of hydrogen-bond acceptors (Lipinski definition) is 4. The van der Waals surface area contributed by atoms with Crippen molar-refractivity contribution in [2.75, 3.05) is 5.73 Å². The predicted octanol–water partition coefficient (Wildman–Crippen LogP) is 2.74. The number of rotatable bonds is 2. The normalized spacial score (nSPS) is 43.2. The van der Waals surface area contributed by atoms with Crippen LogP contribution in [0, 0.1) is 29.6 Å². The molecule has 1 aromatic rings. The lowest BCUT2D eigenvalue weighted by atomic mass is 9.51. The minimum atomic E-state index is 0.629. The van der Waals surface area contributed by atoms with Gasteiger partial charge in [0.15, 0.2) is 0 Å². The first-order valence-corrected chi connectivity index (χ1v) is 7.67. The molecule has 0 spiro atoms. The highest BCUT2D eigenvalue weighted by Crippen LogP contribution is 2.57. The zero-order valence-corrected chi connectivity index (χ0v) is 10.8. The second-order valence-electron chi connectivity index (χ2n) is 6.33. The average Bonchev–Trinajstić information content (AvgIpc) is 2.68. The summed E-state index contributed by atoms with van der Waals surface area (Å²) in [5.41, 5.74) is 5.67. The largest absolute Gasteiger partial charge is 0.374 e. The van der Waals surface area contributed by atoms with Gasteiger partial charge in [0, 0.05) is 6.42 Å². The van der Waals surface area contributed by atoms with Crippen LogP contribution in [0.5, 0.6) is 0 Å². The van der Waals surface area contributed by atoms with Crippen molar-refractivity contribution in [1.29, 1.82) is 0 Å². The van der Waals surface area contributed by atoms with E-state index < -0.39 is 0 Å². The van der Waals surface area contributed by atoms with Gasteiger partial charge in [0.05, 0.1) is 0 Å². The third kappa shape index (κ3) is 1.68. The van der Waals surface area contributed by atoms with Crippen molar-refractivity contribution in [2.24, 2.45) is 29.6 Å². The molecule has 4 aliphatic rings. The summed E-state index contributed by atoms with van der Waals surface area (Å²) in [6.07, 6.45) is 8.64. The third-order valence-electron chi connectivity index (χ3n) is 5.31. The van der Waals surface area contributed by atoms with Gasteiger partial charge < -0.3 is 5.73 Å². The topological polar surface area (TPSA) is 51.8 Å². The van der Waals surface area contributed by atoms with Gasteiger partial charge in [0.25, 0.3) is 0 Å². The third-order valence-corrected chi connectivity index (χ3v) is 6.09. The van der Waals surface area contributed by atoms with E-state index in [9.17, 15) is 0 Å². The van der Waals surface area contributed by atoms with Gasteiger partial charge in [0.1, 0.15) is 5.01 Å². The van der Waals surface area contributed by atoms with Gasteiger partial charge in [-0.05, 0) is 61.7 Å². The van der Waals surface area contributed by atoms with Crippen LogP contribution in [0.2, 0.25) is 0 Å². The summed E-state index contributed by atoms with van der Waals surface area (Å²) in [6, 6.07) is 0.